The Kier molecular flexibility index (Phi) is 41.4. The molecule has 8 heteroatoms. The zero-order valence-corrected chi connectivity index (χ0v) is 39.9. The molecule has 0 fully saturated rings. The molecular weight excluding hydrogens is 751 g/mol. The number of quaternary nitrogens is 1. The van der Waals surface area contributed by atoms with Gasteiger partial charge in [0.25, 0.3) is 0 Å². The van der Waals surface area contributed by atoms with Crippen molar-refractivity contribution >= 4 is 17.9 Å². The van der Waals surface area contributed by atoms with Crippen LogP contribution in [0.15, 0.2) is 36.5 Å². The van der Waals surface area contributed by atoms with Crippen LogP contribution in [0.3, 0.4) is 0 Å². The number of carbonyl (C=O) groups excluding carboxylic acids is 2. The number of likely N-dealkylation sites (N-methyl/N-ethyl adjacent to an activating group) is 1. The number of unbranched alkanes of at least 4 members (excludes halogenated alkanes) is 25. The fraction of sp³-hybridized carbons (Fsp3) is 0.827. The molecule has 0 aliphatic carbocycles. The summed E-state index contributed by atoms with van der Waals surface area (Å²) < 4.78 is 17.3. The lowest BCUT2D eigenvalue weighted by Crippen LogP contribution is -2.50. The van der Waals surface area contributed by atoms with Crippen molar-refractivity contribution in [1.29, 1.82) is 0 Å². The molecule has 0 rings (SSSR count). The molecule has 2 unspecified atom stereocenters. The first-order valence-corrected chi connectivity index (χ1v) is 25.0. The van der Waals surface area contributed by atoms with Crippen molar-refractivity contribution in [2.24, 2.45) is 0 Å². The highest BCUT2D eigenvalue weighted by atomic mass is 16.6. The zero-order chi connectivity index (χ0) is 44.2. The highest BCUT2D eigenvalue weighted by Gasteiger charge is 2.31. The van der Waals surface area contributed by atoms with E-state index in [1.165, 1.54) is 128 Å². The van der Waals surface area contributed by atoms with Crippen molar-refractivity contribution in [3.63, 3.8) is 0 Å². The second kappa shape index (κ2) is 43.2. The highest BCUT2D eigenvalue weighted by Crippen LogP contribution is 2.15. The number of allylic oxidation sites excluding steroid dienone is 6. The van der Waals surface area contributed by atoms with Gasteiger partial charge >= 0.3 is 17.9 Å². The van der Waals surface area contributed by atoms with Crippen molar-refractivity contribution in [3.05, 3.63) is 36.5 Å². The Morgan fingerprint density at radius 2 is 0.883 bits per heavy atom. The first-order chi connectivity index (χ1) is 29.1. The summed E-state index contributed by atoms with van der Waals surface area (Å²) in [5, 5.41) is 9.64. The molecule has 0 aromatic carbocycles. The summed E-state index contributed by atoms with van der Waals surface area (Å²) in [7, 11) is 5.53. The maximum Gasteiger partial charge on any atom is 0.362 e. The van der Waals surface area contributed by atoms with E-state index < -0.39 is 18.1 Å². The second-order valence-corrected chi connectivity index (χ2v) is 18.1. The number of rotatable bonds is 45. The van der Waals surface area contributed by atoms with E-state index in [0.29, 0.717) is 19.3 Å². The highest BCUT2D eigenvalue weighted by molar-refractivity contribution is 5.72. The maximum absolute atomic E-state index is 12.8. The summed E-state index contributed by atoms with van der Waals surface area (Å²) in [4.78, 5) is 37.1. The van der Waals surface area contributed by atoms with Gasteiger partial charge in [-0.2, -0.15) is 0 Å². The van der Waals surface area contributed by atoms with Gasteiger partial charge in [-0.15, -0.1) is 0 Å². The monoisotopic (exact) mass is 847 g/mol. The topological polar surface area (TPSA) is 99.1 Å². The fourth-order valence-electron chi connectivity index (χ4n) is 7.35. The van der Waals surface area contributed by atoms with E-state index in [4.69, 9.17) is 14.2 Å². The predicted molar refractivity (Wildman–Crippen MR) is 252 cm³/mol. The summed E-state index contributed by atoms with van der Waals surface area (Å²) in [6, 6.07) is -0.617. The average molecular weight is 847 g/mol. The van der Waals surface area contributed by atoms with E-state index in [2.05, 4.69) is 50.3 Å². The van der Waals surface area contributed by atoms with E-state index in [0.717, 1.165) is 64.2 Å². The number of nitrogens with zero attached hydrogens (tertiary/aromatic N) is 1. The minimum absolute atomic E-state index is 0.0561. The van der Waals surface area contributed by atoms with Gasteiger partial charge in [-0.25, -0.2) is 4.79 Å². The number of carboxylic acid groups (broad SMARTS) is 1. The van der Waals surface area contributed by atoms with E-state index in [9.17, 15) is 19.5 Å². The molecule has 0 bridgehead atoms. The molecule has 0 aromatic heterocycles. The molecule has 2 atom stereocenters. The number of esters is 2. The maximum atomic E-state index is 12.8. The Hall–Kier alpha value is -2.45. The van der Waals surface area contributed by atoms with Gasteiger partial charge in [0, 0.05) is 19.3 Å². The van der Waals surface area contributed by atoms with Crippen LogP contribution >= 0.6 is 0 Å². The van der Waals surface area contributed by atoms with E-state index in [-0.39, 0.29) is 36.2 Å². The lowest BCUT2D eigenvalue weighted by atomic mass is 10.1. The van der Waals surface area contributed by atoms with Gasteiger partial charge in [0.15, 0.2) is 12.1 Å². The number of carbonyl (C=O) groups is 3. The number of ether oxygens (including phenoxy) is 3. The summed E-state index contributed by atoms with van der Waals surface area (Å²) in [6.45, 7) is 4.71. The van der Waals surface area contributed by atoms with Crippen LogP contribution in [0.4, 0.5) is 0 Å². The van der Waals surface area contributed by atoms with Crippen LogP contribution < -0.4 is 0 Å². The first-order valence-electron chi connectivity index (χ1n) is 25.0. The molecule has 0 amide bonds. The van der Waals surface area contributed by atoms with Crippen LogP contribution in [0.5, 0.6) is 0 Å². The molecule has 0 aliphatic heterocycles. The summed E-state index contributed by atoms with van der Waals surface area (Å²) in [5.41, 5.74) is 0. The smallest absolute Gasteiger partial charge is 0.362 e. The van der Waals surface area contributed by atoms with Crippen LogP contribution in [-0.2, 0) is 28.6 Å². The molecule has 350 valence electrons. The van der Waals surface area contributed by atoms with Gasteiger partial charge < -0.3 is 23.8 Å². The Morgan fingerprint density at radius 3 is 1.33 bits per heavy atom. The van der Waals surface area contributed by atoms with Crippen LogP contribution in [0.1, 0.15) is 226 Å². The normalized spacial score (nSPS) is 13.2. The second-order valence-electron chi connectivity index (χ2n) is 18.1. The molecule has 0 saturated heterocycles. The quantitative estimate of drug-likeness (QED) is 0.0282. The minimum atomic E-state index is -0.876. The summed E-state index contributed by atoms with van der Waals surface area (Å²) in [6.07, 6.45) is 50.5. The molecule has 0 spiro atoms. The lowest BCUT2D eigenvalue weighted by molar-refractivity contribution is -0.887. The molecule has 0 heterocycles. The third-order valence-corrected chi connectivity index (χ3v) is 11.3. The van der Waals surface area contributed by atoms with Crippen molar-refractivity contribution in [1.82, 2.24) is 0 Å². The third kappa shape index (κ3) is 40.9. The Labute approximate surface area is 370 Å². The molecular formula is C52H96NO7+. The largest absolute Gasteiger partial charge is 0.477 e. The minimum Gasteiger partial charge on any atom is -0.477 e. The Bertz CT molecular complexity index is 1080. The molecule has 0 radical (unpaired) electrons. The number of carboxylic acids is 1. The zero-order valence-electron chi connectivity index (χ0n) is 39.9. The Morgan fingerprint density at radius 1 is 0.500 bits per heavy atom. The van der Waals surface area contributed by atoms with Crippen LogP contribution in [-0.4, -0.2) is 80.6 Å². The standard InChI is InChI=1S/C52H95NO7/c1-6-8-10-12-14-16-18-20-22-23-24-25-26-27-29-30-32-34-36-38-40-42-50(54)59-47-48(46-58-45-44-49(52(56)57)53(3,4)5)60-51(55)43-41-39-37-35-33-31-28-21-19-17-15-13-11-9-7-2/h15,17,21,23-24,28,48-49H,6-14,16,18-20,22,25-27,29-47H2,1-5H3/p+1/b17-15-,24-23-,28-21-. The number of hydrogen-bond donors (Lipinski definition) is 1. The van der Waals surface area contributed by atoms with Crippen LogP contribution in [0.25, 0.3) is 0 Å². The molecule has 0 aliphatic rings. The Balaban J connectivity index is 4.24. The van der Waals surface area contributed by atoms with E-state index in [1.807, 2.05) is 21.1 Å². The number of aliphatic carboxylic acids is 1. The SMILES string of the molecule is CCCCC/C=C\C/C=C\CCCCCCCC(=O)OC(COCCC(C(=O)O)[N+](C)(C)C)COC(=O)CCCCCCCCCCC/C=C\CCCCCCCCCC. The van der Waals surface area contributed by atoms with Gasteiger partial charge in [0.1, 0.15) is 6.61 Å². The third-order valence-electron chi connectivity index (χ3n) is 11.3. The van der Waals surface area contributed by atoms with Gasteiger partial charge in [-0.3, -0.25) is 9.59 Å². The van der Waals surface area contributed by atoms with Crippen molar-refractivity contribution in [3.8, 4) is 0 Å². The van der Waals surface area contributed by atoms with Crippen molar-refractivity contribution in [2.45, 2.75) is 238 Å². The van der Waals surface area contributed by atoms with Gasteiger partial charge in [0.2, 0.25) is 0 Å². The van der Waals surface area contributed by atoms with E-state index in [1.54, 1.807) is 0 Å². The van der Waals surface area contributed by atoms with E-state index >= 15 is 0 Å². The van der Waals surface area contributed by atoms with Crippen LogP contribution in [0, 0.1) is 0 Å². The van der Waals surface area contributed by atoms with Gasteiger partial charge in [-0.05, 0) is 70.6 Å². The van der Waals surface area contributed by atoms with Gasteiger partial charge in [-0.1, -0.05) is 172 Å². The van der Waals surface area contributed by atoms with Gasteiger partial charge in [0.05, 0.1) is 34.4 Å². The first kappa shape index (κ1) is 57.5. The molecule has 8 nitrogen and oxygen atoms in total. The van der Waals surface area contributed by atoms with Crippen molar-refractivity contribution in [2.75, 3.05) is 41.0 Å². The average Bonchev–Trinajstić information content (AvgIpc) is 3.21. The summed E-state index contributed by atoms with van der Waals surface area (Å²) in [5.74, 6) is -1.48. The molecule has 60 heavy (non-hydrogen) atoms. The van der Waals surface area contributed by atoms with Crippen molar-refractivity contribution < 1.29 is 38.2 Å². The molecule has 0 aromatic rings. The molecule has 0 saturated carbocycles. The predicted octanol–water partition coefficient (Wildman–Crippen LogP) is 14.2. The number of hydrogen-bond acceptors (Lipinski definition) is 6. The fourth-order valence-corrected chi connectivity index (χ4v) is 7.35. The summed E-state index contributed by atoms with van der Waals surface area (Å²) >= 11 is 0. The molecule has 1 N–H and O–H groups in total. The lowest BCUT2D eigenvalue weighted by Gasteiger charge is -2.31. The van der Waals surface area contributed by atoms with Crippen LogP contribution in [0.2, 0.25) is 0 Å².